The molecule has 4 heterocycles. The van der Waals surface area contributed by atoms with E-state index in [9.17, 15) is 5.26 Å². The van der Waals surface area contributed by atoms with Gasteiger partial charge in [-0.15, -0.1) is 0 Å². The van der Waals surface area contributed by atoms with Crippen molar-refractivity contribution in [2.45, 2.75) is 6.04 Å². The molecule has 4 aromatic heterocycles. The van der Waals surface area contributed by atoms with E-state index >= 15 is 0 Å². The van der Waals surface area contributed by atoms with Gasteiger partial charge in [-0.1, -0.05) is 158 Å². The van der Waals surface area contributed by atoms with Crippen LogP contribution in [-0.2, 0) is 6.04 Å². The summed E-state index contributed by atoms with van der Waals surface area (Å²) >= 11 is 0. The quantitative estimate of drug-likeness (QED) is 0.0807. The third kappa shape index (κ3) is 7.11. The predicted octanol–water partition coefficient (Wildman–Crippen LogP) is 16.7. The van der Waals surface area contributed by atoms with E-state index in [0.717, 1.165) is 94.5 Å². The second kappa shape index (κ2) is 18.6. The second-order valence-electron chi connectivity index (χ2n) is 21.5. The molecule has 16 rings (SSSR count). The minimum atomic E-state index is -3.01. The zero-order chi connectivity index (χ0) is 54.5. The standard InChI is InChI=1S/C75H48N6Si/c1-77-52-34-38-70-62(42-52)66-46-75-67(47-74(66)80(70)55-24-12-4-13-25-55)63-43-59(35-39-71(63)81(75)56-26-14-5-15-27-56)82(57-28-16-6-17-29-57,58-30-18-7-19-31-58)49-51-33-37-69-61(41-51)65-45-72-64(44-73(65)79(69)54-22-10-3-11-23-54)60-40-50(48-76)32-36-68(60)78(72)53-20-8-2-9-21-53/h2-47H,49H2. The van der Waals surface area contributed by atoms with Crippen molar-refractivity contribution in [2.24, 2.45) is 0 Å². The van der Waals surface area contributed by atoms with Crippen molar-refractivity contribution < 1.29 is 0 Å². The molecule has 0 aliphatic rings. The highest BCUT2D eigenvalue weighted by molar-refractivity contribution is 7.11. The summed E-state index contributed by atoms with van der Waals surface area (Å²) in [5, 5.41) is 23.2. The SMILES string of the molecule is [C-]#[N+]c1ccc2c(c1)c1cc3c(cc1n2-c1ccccc1)c1cc([Si](Cc2ccc4c(c2)c2cc5c(cc2n4-c2ccccc2)c2cc(C#N)ccc2n5-c2ccccc2)(c2ccccc2)c2ccccc2)ccc1n3-c1ccccc1. The van der Waals surface area contributed by atoms with Crippen molar-refractivity contribution >= 4 is 117 Å². The van der Waals surface area contributed by atoms with E-state index in [1.165, 1.54) is 42.7 Å². The summed E-state index contributed by atoms with van der Waals surface area (Å²) in [6, 6.07) is 105. The highest BCUT2D eigenvalue weighted by atomic mass is 28.3. The summed E-state index contributed by atoms with van der Waals surface area (Å²) in [7, 11) is -3.01. The molecule has 0 unspecified atom stereocenters. The van der Waals surface area contributed by atoms with Gasteiger partial charge in [-0.25, -0.2) is 4.85 Å². The van der Waals surface area contributed by atoms with Gasteiger partial charge in [0.15, 0.2) is 13.8 Å². The maximum atomic E-state index is 10.2. The van der Waals surface area contributed by atoms with Gasteiger partial charge in [0.2, 0.25) is 0 Å². The Kier molecular flexibility index (Phi) is 10.7. The normalized spacial score (nSPS) is 11.9. The Balaban J connectivity index is 0.972. The van der Waals surface area contributed by atoms with Gasteiger partial charge in [0, 0.05) is 60.5 Å². The summed E-state index contributed by atoms with van der Waals surface area (Å²) in [6.45, 7) is 8.01. The molecule has 0 saturated carbocycles. The van der Waals surface area contributed by atoms with Gasteiger partial charge < -0.3 is 18.3 Å². The van der Waals surface area contributed by atoms with Gasteiger partial charge in [0.1, 0.15) is 0 Å². The zero-order valence-corrected chi connectivity index (χ0v) is 45.4. The number of hydrogen-bond acceptors (Lipinski definition) is 1. The maximum absolute atomic E-state index is 10.2. The number of rotatable bonds is 9. The van der Waals surface area contributed by atoms with Gasteiger partial charge in [-0.2, -0.15) is 5.26 Å². The van der Waals surface area contributed by atoms with Crippen LogP contribution in [0.1, 0.15) is 11.1 Å². The number of nitrogens with zero attached hydrogens (tertiary/aromatic N) is 6. The Morgan fingerprint density at radius 2 is 0.659 bits per heavy atom. The molecule has 6 nitrogen and oxygen atoms in total. The zero-order valence-electron chi connectivity index (χ0n) is 44.4. The molecule has 0 bridgehead atoms. The molecule has 0 aliphatic heterocycles. The fraction of sp³-hybridized carbons (Fsp3) is 0.0133. The van der Waals surface area contributed by atoms with E-state index in [1.54, 1.807) is 0 Å². The fourth-order valence-electron chi connectivity index (χ4n) is 13.6. The monoisotopic (exact) mass is 1060 g/mol. The van der Waals surface area contributed by atoms with E-state index in [2.05, 4.69) is 290 Å². The number of fused-ring (bicyclic) bond motifs is 12. The van der Waals surface area contributed by atoms with Crippen molar-refractivity contribution in [3.8, 4) is 28.8 Å². The molecule has 0 radical (unpaired) electrons. The lowest BCUT2D eigenvalue weighted by molar-refractivity contribution is 1.17. The highest BCUT2D eigenvalue weighted by Gasteiger charge is 2.40. The summed E-state index contributed by atoms with van der Waals surface area (Å²) in [4.78, 5) is 3.89. The Morgan fingerprint density at radius 3 is 1.07 bits per heavy atom. The van der Waals surface area contributed by atoms with Crippen molar-refractivity contribution in [1.29, 1.82) is 5.26 Å². The Morgan fingerprint density at radius 1 is 0.317 bits per heavy atom. The van der Waals surface area contributed by atoms with Crippen LogP contribution in [0.4, 0.5) is 5.69 Å². The van der Waals surface area contributed by atoms with E-state index < -0.39 is 8.07 Å². The van der Waals surface area contributed by atoms with E-state index in [-0.39, 0.29) is 0 Å². The van der Waals surface area contributed by atoms with Crippen molar-refractivity contribution in [2.75, 3.05) is 0 Å². The van der Waals surface area contributed by atoms with Crippen molar-refractivity contribution in [3.63, 3.8) is 0 Å². The van der Waals surface area contributed by atoms with Crippen LogP contribution in [0, 0.1) is 17.9 Å². The van der Waals surface area contributed by atoms with Gasteiger partial charge >= 0.3 is 0 Å². The van der Waals surface area contributed by atoms with Crippen LogP contribution in [0.25, 0.3) is 115 Å². The molecule has 7 heteroatoms. The molecule has 0 saturated heterocycles. The lowest BCUT2D eigenvalue weighted by Crippen LogP contribution is -2.68. The largest absolute Gasteiger partial charge is 0.309 e. The summed E-state index contributed by atoms with van der Waals surface area (Å²) < 4.78 is 9.56. The van der Waals surface area contributed by atoms with Crippen LogP contribution in [0.3, 0.4) is 0 Å². The maximum Gasteiger partial charge on any atom is 0.188 e. The molecule has 0 fully saturated rings. The number of benzene rings is 12. The average Bonchev–Trinajstić information content (AvgIpc) is 3.28. The van der Waals surface area contributed by atoms with Crippen LogP contribution >= 0.6 is 0 Å². The lowest BCUT2D eigenvalue weighted by atomic mass is 10.1. The van der Waals surface area contributed by atoms with Gasteiger partial charge in [-0.05, 0) is 154 Å². The highest BCUT2D eigenvalue weighted by Crippen LogP contribution is 2.43. The number of hydrogen-bond donors (Lipinski definition) is 0. The Labute approximate surface area is 473 Å². The first-order valence-corrected chi connectivity index (χ1v) is 30.0. The molecule has 0 spiro atoms. The third-order valence-electron chi connectivity index (χ3n) is 17.2. The van der Waals surface area contributed by atoms with E-state index in [0.29, 0.717) is 11.3 Å². The van der Waals surface area contributed by atoms with Crippen molar-refractivity contribution in [1.82, 2.24) is 18.3 Å². The van der Waals surface area contributed by atoms with Crippen LogP contribution in [0.2, 0.25) is 0 Å². The lowest BCUT2D eigenvalue weighted by Gasteiger charge is -2.34. The Hall–Kier alpha value is -11.0. The van der Waals surface area contributed by atoms with Crippen LogP contribution in [0.15, 0.2) is 279 Å². The topological polar surface area (TPSA) is 47.9 Å². The molecular weight excluding hydrogens is 1010 g/mol. The minimum Gasteiger partial charge on any atom is -0.309 e. The number of nitriles is 1. The number of para-hydroxylation sites is 4. The molecule has 0 atom stereocenters. The summed E-state index contributed by atoms with van der Waals surface area (Å²) in [5.74, 6) is 0. The first-order valence-electron chi connectivity index (χ1n) is 27.8. The van der Waals surface area contributed by atoms with E-state index in [1.807, 2.05) is 18.2 Å². The van der Waals surface area contributed by atoms with Crippen molar-refractivity contribution in [3.05, 3.63) is 302 Å². The molecular formula is C75H48N6Si. The van der Waals surface area contributed by atoms with Gasteiger partial charge in [0.25, 0.3) is 0 Å². The number of aromatic nitrogens is 4. The first kappa shape index (κ1) is 47.1. The molecule has 12 aromatic carbocycles. The molecule has 16 aromatic rings. The minimum absolute atomic E-state index is 0.622. The fourth-order valence-corrected chi connectivity index (χ4v) is 18.3. The molecule has 382 valence electrons. The first-order chi connectivity index (χ1) is 40.6. The molecule has 0 aliphatic carbocycles. The summed E-state index contributed by atoms with van der Waals surface area (Å²) in [6.07, 6.45) is 0. The molecule has 0 N–H and O–H groups in total. The average molecular weight is 1060 g/mol. The van der Waals surface area contributed by atoms with Crippen LogP contribution in [0.5, 0.6) is 0 Å². The summed E-state index contributed by atoms with van der Waals surface area (Å²) in [5.41, 5.74) is 15.7. The van der Waals surface area contributed by atoms with E-state index in [4.69, 9.17) is 6.57 Å². The predicted molar refractivity (Wildman–Crippen MR) is 342 cm³/mol. The van der Waals surface area contributed by atoms with Crippen LogP contribution < -0.4 is 15.6 Å². The third-order valence-corrected chi connectivity index (χ3v) is 22.0. The van der Waals surface area contributed by atoms with Gasteiger partial charge in [-0.3, -0.25) is 0 Å². The molecule has 82 heavy (non-hydrogen) atoms. The smallest absolute Gasteiger partial charge is 0.188 e. The Bertz CT molecular complexity index is 5260. The second-order valence-corrected chi connectivity index (χ2v) is 25.4. The van der Waals surface area contributed by atoms with Crippen LogP contribution in [-0.4, -0.2) is 26.3 Å². The van der Waals surface area contributed by atoms with Gasteiger partial charge in [0.05, 0.1) is 62.3 Å². The molecule has 0 amide bonds.